The summed E-state index contributed by atoms with van der Waals surface area (Å²) in [5.74, 6) is -0.246. The Morgan fingerprint density at radius 1 is 1.21 bits per heavy atom. The van der Waals surface area contributed by atoms with Crippen molar-refractivity contribution < 1.29 is 4.39 Å². The fourth-order valence-corrected chi connectivity index (χ4v) is 1.92. The molecular weight excluding hydrogens is 241 g/mol. The number of nitriles is 1. The number of hydrogen-bond acceptors (Lipinski definition) is 3. The maximum Gasteiger partial charge on any atom is 0.123 e. The lowest BCUT2D eigenvalue weighted by Gasteiger charge is -2.21. The molecule has 0 amide bonds. The molecule has 0 bridgehead atoms. The first kappa shape index (κ1) is 12.9. The fourth-order valence-electron chi connectivity index (χ4n) is 1.92. The van der Waals surface area contributed by atoms with Gasteiger partial charge in [-0.05, 0) is 35.9 Å². The van der Waals surface area contributed by atoms with E-state index in [9.17, 15) is 4.39 Å². The summed E-state index contributed by atoms with van der Waals surface area (Å²) in [4.78, 5) is 1.96. The van der Waals surface area contributed by atoms with Gasteiger partial charge in [-0.1, -0.05) is 12.1 Å². The summed E-state index contributed by atoms with van der Waals surface area (Å²) in [7, 11) is 1.90. The second kappa shape index (κ2) is 5.40. The van der Waals surface area contributed by atoms with Gasteiger partial charge in [0.2, 0.25) is 0 Å². The molecule has 0 unspecified atom stereocenters. The largest absolute Gasteiger partial charge is 0.397 e. The number of nitrogen functional groups attached to an aromatic ring is 1. The molecule has 0 aliphatic rings. The Labute approximate surface area is 111 Å². The van der Waals surface area contributed by atoms with Crippen molar-refractivity contribution in [2.24, 2.45) is 0 Å². The average Bonchev–Trinajstić information content (AvgIpc) is 2.41. The highest BCUT2D eigenvalue weighted by Crippen LogP contribution is 2.24. The summed E-state index contributed by atoms with van der Waals surface area (Å²) >= 11 is 0. The third kappa shape index (κ3) is 3.02. The van der Waals surface area contributed by atoms with Crippen molar-refractivity contribution in [2.75, 3.05) is 17.7 Å². The monoisotopic (exact) mass is 255 g/mol. The quantitative estimate of drug-likeness (QED) is 0.858. The second-order valence-electron chi connectivity index (χ2n) is 4.37. The predicted molar refractivity (Wildman–Crippen MR) is 74.1 cm³/mol. The van der Waals surface area contributed by atoms with E-state index in [1.54, 1.807) is 24.3 Å². The van der Waals surface area contributed by atoms with Gasteiger partial charge in [-0.3, -0.25) is 0 Å². The van der Waals surface area contributed by atoms with Gasteiger partial charge in [-0.15, -0.1) is 0 Å². The van der Waals surface area contributed by atoms with Crippen LogP contribution in [0.25, 0.3) is 0 Å². The van der Waals surface area contributed by atoms with Crippen LogP contribution in [0.2, 0.25) is 0 Å². The molecule has 96 valence electrons. The van der Waals surface area contributed by atoms with E-state index >= 15 is 0 Å². The zero-order chi connectivity index (χ0) is 13.8. The van der Waals surface area contributed by atoms with E-state index in [1.807, 2.05) is 24.1 Å². The molecule has 0 heterocycles. The zero-order valence-electron chi connectivity index (χ0n) is 10.6. The van der Waals surface area contributed by atoms with E-state index in [0.717, 1.165) is 11.3 Å². The first-order valence-electron chi connectivity index (χ1n) is 5.85. The molecule has 4 heteroatoms. The minimum atomic E-state index is -0.246. The van der Waals surface area contributed by atoms with Gasteiger partial charge >= 0.3 is 0 Å². The molecule has 0 fully saturated rings. The molecule has 0 spiro atoms. The Kier molecular flexibility index (Phi) is 3.67. The van der Waals surface area contributed by atoms with E-state index in [2.05, 4.69) is 0 Å². The molecule has 0 radical (unpaired) electrons. The van der Waals surface area contributed by atoms with Gasteiger partial charge in [-0.25, -0.2) is 4.39 Å². The first-order valence-corrected chi connectivity index (χ1v) is 5.85. The number of anilines is 2. The van der Waals surface area contributed by atoms with Gasteiger partial charge in [0, 0.05) is 13.6 Å². The number of rotatable bonds is 3. The number of nitrogens with two attached hydrogens (primary N) is 1. The molecule has 0 atom stereocenters. The summed E-state index contributed by atoms with van der Waals surface area (Å²) < 4.78 is 12.8. The van der Waals surface area contributed by atoms with Crippen molar-refractivity contribution in [3.8, 4) is 6.07 Å². The highest BCUT2D eigenvalue weighted by molar-refractivity contribution is 5.69. The minimum absolute atomic E-state index is 0.246. The van der Waals surface area contributed by atoms with E-state index in [0.29, 0.717) is 17.8 Å². The van der Waals surface area contributed by atoms with Crippen molar-refractivity contribution in [1.82, 2.24) is 0 Å². The van der Waals surface area contributed by atoms with E-state index in [1.165, 1.54) is 12.1 Å². The Morgan fingerprint density at radius 3 is 2.47 bits per heavy atom. The van der Waals surface area contributed by atoms with Gasteiger partial charge in [-0.2, -0.15) is 5.26 Å². The minimum Gasteiger partial charge on any atom is -0.397 e. The van der Waals surface area contributed by atoms with Gasteiger partial charge in [0.25, 0.3) is 0 Å². The molecule has 2 rings (SSSR count). The Bertz CT molecular complexity index is 614. The lowest BCUT2D eigenvalue weighted by Crippen LogP contribution is -2.17. The van der Waals surface area contributed by atoms with Crippen molar-refractivity contribution in [2.45, 2.75) is 6.54 Å². The Balaban J connectivity index is 2.18. The zero-order valence-corrected chi connectivity index (χ0v) is 10.6. The molecule has 0 aromatic heterocycles. The summed E-state index contributed by atoms with van der Waals surface area (Å²) in [6.45, 7) is 0.621. The summed E-state index contributed by atoms with van der Waals surface area (Å²) in [6.07, 6.45) is 0. The van der Waals surface area contributed by atoms with Crippen LogP contribution in [-0.2, 0) is 6.54 Å². The smallest absolute Gasteiger partial charge is 0.123 e. The molecule has 0 saturated heterocycles. The Morgan fingerprint density at radius 2 is 1.89 bits per heavy atom. The van der Waals surface area contributed by atoms with Crippen LogP contribution < -0.4 is 10.6 Å². The molecule has 2 aromatic carbocycles. The molecule has 0 aliphatic heterocycles. The van der Waals surface area contributed by atoms with Gasteiger partial charge in [0.05, 0.1) is 23.0 Å². The molecule has 0 aliphatic carbocycles. The van der Waals surface area contributed by atoms with Gasteiger partial charge in [0.15, 0.2) is 0 Å². The Hall–Kier alpha value is -2.54. The van der Waals surface area contributed by atoms with Crippen molar-refractivity contribution in [3.63, 3.8) is 0 Å². The highest BCUT2D eigenvalue weighted by atomic mass is 19.1. The molecule has 19 heavy (non-hydrogen) atoms. The van der Waals surface area contributed by atoms with Crippen LogP contribution >= 0.6 is 0 Å². The molecule has 0 saturated carbocycles. The predicted octanol–water partition coefficient (Wildman–Crippen LogP) is 2.92. The second-order valence-corrected chi connectivity index (χ2v) is 4.37. The number of benzene rings is 2. The van der Waals surface area contributed by atoms with Gasteiger partial charge in [0.1, 0.15) is 5.82 Å². The number of hydrogen-bond donors (Lipinski definition) is 1. The van der Waals surface area contributed by atoms with E-state index in [4.69, 9.17) is 11.0 Å². The molecule has 2 N–H and O–H groups in total. The summed E-state index contributed by atoms with van der Waals surface area (Å²) in [5, 5.41) is 8.80. The lowest BCUT2D eigenvalue weighted by molar-refractivity contribution is 0.627. The third-order valence-electron chi connectivity index (χ3n) is 2.90. The fraction of sp³-hybridized carbons (Fsp3) is 0.133. The standard InChI is InChI=1S/C15H14FN3/c1-19(10-11-2-5-13(16)6-3-11)15-7-4-12(9-17)8-14(15)18/h2-8H,10,18H2,1H3. The van der Waals surface area contributed by atoms with Crippen LogP contribution in [-0.4, -0.2) is 7.05 Å². The van der Waals surface area contributed by atoms with Crippen molar-refractivity contribution in [3.05, 3.63) is 59.4 Å². The van der Waals surface area contributed by atoms with Gasteiger partial charge < -0.3 is 10.6 Å². The SMILES string of the molecule is CN(Cc1ccc(F)cc1)c1ccc(C#N)cc1N. The van der Waals surface area contributed by atoms with Crippen LogP contribution in [0.1, 0.15) is 11.1 Å². The number of halogens is 1. The van der Waals surface area contributed by atoms with E-state index < -0.39 is 0 Å². The molecular formula is C15H14FN3. The normalized spacial score (nSPS) is 9.95. The van der Waals surface area contributed by atoms with Crippen LogP contribution in [0.4, 0.5) is 15.8 Å². The van der Waals surface area contributed by atoms with Crippen LogP contribution in [0.5, 0.6) is 0 Å². The van der Waals surface area contributed by atoms with Crippen molar-refractivity contribution >= 4 is 11.4 Å². The average molecular weight is 255 g/mol. The molecule has 2 aromatic rings. The number of nitrogens with zero attached hydrogens (tertiary/aromatic N) is 2. The van der Waals surface area contributed by atoms with Crippen LogP contribution in [0, 0.1) is 17.1 Å². The first-order chi connectivity index (χ1) is 9.10. The summed E-state index contributed by atoms with van der Waals surface area (Å²) in [5.41, 5.74) is 8.86. The lowest BCUT2D eigenvalue weighted by atomic mass is 10.1. The highest BCUT2D eigenvalue weighted by Gasteiger charge is 2.07. The molecule has 3 nitrogen and oxygen atoms in total. The topological polar surface area (TPSA) is 53.0 Å². The van der Waals surface area contributed by atoms with Crippen LogP contribution in [0.15, 0.2) is 42.5 Å². The maximum absolute atomic E-state index is 12.8. The third-order valence-corrected chi connectivity index (χ3v) is 2.90. The van der Waals surface area contributed by atoms with Crippen LogP contribution in [0.3, 0.4) is 0 Å². The maximum atomic E-state index is 12.8. The summed E-state index contributed by atoms with van der Waals surface area (Å²) in [6, 6.07) is 13.6. The van der Waals surface area contributed by atoms with Crippen molar-refractivity contribution in [1.29, 1.82) is 5.26 Å². The van der Waals surface area contributed by atoms with E-state index in [-0.39, 0.29) is 5.82 Å².